The first-order chi connectivity index (χ1) is 14.2. The van der Waals surface area contributed by atoms with Crippen molar-refractivity contribution in [2.24, 2.45) is 0 Å². The Kier molecular flexibility index (Phi) is 6.48. The van der Waals surface area contributed by atoms with E-state index in [1.165, 1.54) is 23.9 Å². The number of pyridine rings is 1. The van der Waals surface area contributed by atoms with Gasteiger partial charge < -0.3 is 15.2 Å². The summed E-state index contributed by atoms with van der Waals surface area (Å²) in [7, 11) is 1.31. The molecule has 1 aromatic carbocycles. The topological polar surface area (TPSA) is 92.3 Å². The van der Waals surface area contributed by atoms with Gasteiger partial charge in [0, 0.05) is 34.1 Å². The minimum atomic E-state index is -0.692. The van der Waals surface area contributed by atoms with Gasteiger partial charge in [0.2, 0.25) is 0 Å². The molecule has 0 saturated heterocycles. The number of methoxy groups -OCH3 is 1. The van der Waals surface area contributed by atoms with Gasteiger partial charge in [-0.1, -0.05) is 23.2 Å². The average Bonchev–Trinajstić information content (AvgIpc) is 3.21. The molecular weight excluding hydrogens is 434 g/mol. The van der Waals surface area contributed by atoms with Crippen LogP contribution in [-0.4, -0.2) is 27.8 Å². The van der Waals surface area contributed by atoms with Crippen molar-refractivity contribution in [3.05, 3.63) is 58.2 Å². The lowest BCUT2D eigenvalue weighted by Gasteiger charge is -2.19. The molecule has 2 N–H and O–H groups in total. The lowest BCUT2D eigenvalue weighted by Crippen LogP contribution is -2.17. The molecule has 0 amide bonds. The van der Waals surface area contributed by atoms with Gasteiger partial charge >= 0.3 is 5.97 Å². The largest absolute Gasteiger partial charge is 0.482 e. The van der Waals surface area contributed by atoms with Crippen LogP contribution in [0.5, 0.6) is 5.75 Å². The molecule has 0 radical (unpaired) electrons. The van der Waals surface area contributed by atoms with Crippen LogP contribution in [0.15, 0.2) is 36.8 Å². The van der Waals surface area contributed by atoms with Gasteiger partial charge in [-0.25, -0.2) is 14.2 Å². The molecule has 0 spiro atoms. The Morgan fingerprint density at radius 1 is 1.23 bits per heavy atom. The molecule has 30 heavy (non-hydrogen) atoms. The number of nitrogens with zero attached hydrogens (tertiary/aromatic N) is 3. The summed E-state index contributed by atoms with van der Waals surface area (Å²) in [6.45, 7) is 3.35. The zero-order valence-electron chi connectivity index (χ0n) is 16.4. The van der Waals surface area contributed by atoms with Gasteiger partial charge in [-0.05, 0) is 32.0 Å². The number of ether oxygens (including phenoxy) is 2. The number of anilines is 1. The third kappa shape index (κ3) is 4.34. The van der Waals surface area contributed by atoms with E-state index in [2.05, 4.69) is 10.1 Å². The van der Waals surface area contributed by atoms with E-state index >= 15 is 0 Å². The number of carbonyl (C=O) groups is 1. The number of halogens is 3. The second-order valence-corrected chi connectivity index (χ2v) is 7.32. The molecule has 7 nitrogen and oxygen atoms in total. The Bertz CT molecular complexity index is 1090. The van der Waals surface area contributed by atoms with E-state index in [1.807, 2.05) is 0 Å². The normalized spacial score (nSPS) is 13.0. The molecule has 158 valence electrons. The molecule has 2 unspecified atom stereocenters. The molecular formula is C20H19Cl2FN4O3. The van der Waals surface area contributed by atoms with E-state index in [1.54, 1.807) is 38.5 Å². The minimum absolute atomic E-state index is 0.115. The molecule has 3 rings (SSSR count). The Labute approximate surface area is 182 Å². The summed E-state index contributed by atoms with van der Waals surface area (Å²) in [5.41, 5.74) is 7.61. The van der Waals surface area contributed by atoms with Crippen LogP contribution in [0.25, 0.3) is 11.1 Å². The van der Waals surface area contributed by atoms with Crippen molar-refractivity contribution in [2.45, 2.75) is 26.0 Å². The number of hydrogen-bond donors (Lipinski definition) is 1. The molecule has 2 heterocycles. The number of benzene rings is 1. The second-order valence-electron chi connectivity index (χ2n) is 6.53. The molecule has 0 fully saturated rings. The van der Waals surface area contributed by atoms with Gasteiger partial charge in [0.15, 0.2) is 11.6 Å². The fourth-order valence-corrected chi connectivity index (χ4v) is 3.53. The minimum Gasteiger partial charge on any atom is -0.482 e. The first-order valence-corrected chi connectivity index (χ1v) is 9.66. The molecule has 0 aliphatic rings. The third-order valence-electron chi connectivity index (χ3n) is 4.55. The van der Waals surface area contributed by atoms with E-state index in [0.29, 0.717) is 16.7 Å². The molecule has 10 heteroatoms. The predicted octanol–water partition coefficient (Wildman–Crippen LogP) is 4.85. The third-order valence-corrected chi connectivity index (χ3v) is 5.26. The Hall–Kier alpha value is -2.84. The Balaban J connectivity index is 1.89. The van der Waals surface area contributed by atoms with E-state index in [4.69, 9.17) is 38.4 Å². The van der Waals surface area contributed by atoms with Gasteiger partial charge in [-0.2, -0.15) is 5.10 Å². The van der Waals surface area contributed by atoms with E-state index in [-0.39, 0.29) is 21.6 Å². The number of esters is 1. The fourth-order valence-electron chi connectivity index (χ4n) is 2.85. The molecule has 0 aliphatic heterocycles. The fraction of sp³-hybridized carbons (Fsp3) is 0.250. The summed E-state index contributed by atoms with van der Waals surface area (Å²) in [5.74, 6) is -0.602. The van der Waals surface area contributed by atoms with Gasteiger partial charge in [0.1, 0.15) is 18.0 Å². The van der Waals surface area contributed by atoms with Gasteiger partial charge in [-0.15, -0.1) is 0 Å². The van der Waals surface area contributed by atoms with Crippen molar-refractivity contribution in [2.75, 3.05) is 12.8 Å². The molecule has 2 aromatic heterocycles. The van der Waals surface area contributed by atoms with Crippen molar-refractivity contribution in [1.82, 2.24) is 14.8 Å². The van der Waals surface area contributed by atoms with Crippen molar-refractivity contribution in [3.8, 4) is 16.9 Å². The van der Waals surface area contributed by atoms with Crippen LogP contribution >= 0.6 is 23.2 Å². The summed E-state index contributed by atoms with van der Waals surface area (Å²) in [6, 6.07) is 3.68. The highest BCUT2D eigenvalue weighted by Gasteiger charge is 2.21. The number of nitrogen functional groups attached to an aromatic ring is 1. The quantitative estimate of drug-likeness (QED) is 0.424. The monoisotopic (exact) mass is 452 g/mol. The lowest BCUT2D eigenvalue weighted by molar-refractivity contribution is -0.144. The lowest BCUT2D eigenvalue weighted by atomic mass is 10.1. The van der Waals surface area contributed by atoms with Gasteiger partial charge in [-0.3, -0.25) is 4.68 Å². The van der Waals surface area contributed by atoms with Crippen LogP contribution in [0.2, 0.25) is 10.0 Å². The van der Waals surface area contributed by atoms with E-state index in [0.717, 1.165) is 0 Å². The zero-order chi connectivity index (χ0) is 22.0. The highest BCUT2D eigenvalue weighted by molar-refractivity contribution is 6.36. The SMILES string of the molecule is COC(=O)C(C)n1cc(-c2cnc(N)c(OC(C)c3c(Cl)ccc(F)c3Cl)c2)cn1. The second kappa shape index (κ2) is 8.89. The summed E-state index contributed by atoms with van der Waals surface area (Å²) >= 11 is 12.2. The number of nitrogens with two attached hydrogens (primary N) is 1. The number of rotatable bonds is 6. The Morgan fingerprint density at radius 2 is 1.97 bits per heavy atom. The van der Waals surface area contributed by atoms with Crippen molar-refractivity contribution >= 4 is 35.0 Å². The van der Waals surface area contributed by atoms with Crippen molar-refractivity contribution in [3.63, 3.8) is 0 Å². The maximum absolute atomic E-state index is 13.8. The van der Waals surface area contributed by atoms with Crippen LogP contribution in [0.4, 0.5) is 10.2 Å². The van der Waals surface area contributed by atoms with Crippen LogP contribution in [0, 0.1) is 5.82 Å². The standard InChI is InChI=1S/C20H19Cl2FN4O3/c1-10(20(28)29-3)27-9-13(8-26-27)12-6-16(19(24)25-7-12)30-11(2)17-14(21)4-5-15(23)18(17)22/h4-11H,1-3H3,(H2,24,25). The first kappa shape index (κ1) is 21.9. The van der Waals surface area contributed by atoms with Crippen molar-refractivity contribution < 1.29 is 18.7 Å². The van der Waals surface area contributed by atoms with Crippen LogP contribution < -0.4 is 10.5 Å². The highest BCUT2D eigenvalue weighted by atomic mass is 35.5. The van der Waals surface area contributed by atoms with E-state index < -0.39 is 23.9 Å². The molecule has 2 atom stereocenters. The zero-order valence-corrected chi connectivity index (χ0v) is 17.9. The first-order valence-electron chi connectivity index (χ1n) is 8.90. The number of carbonyl (C=O) groups excluding carboxylic acids is 1. The van der Waals surface area contributed by atoms with Crippen molar-refractivity contribution in [1.29, 1.82) is 0 Å². The highest BCUT2D eigenvalue weighted by Crippen LogP contribution is 2.37. The summed E-state index contributed by atoms with van der Waals surface area (Å²) in [4.78, 5) is 15.9. The van der Waals surface area contributed by atoms with E-state index in [9.17, 15) is 9.18 Å². The van der Waals surface area contributed by atoms with Crippen LogP contribution in [0.3, 0.4) is 0 Å². The molecule has 0 bridgehead atoms. The summed E-state index contributed by atoms with van der Waals surface area (Å²) < 4.78 is 26.0. The van der Waals surface area contributed by atoms with Crippen LogP contribution in [-0.2, 0) is 9.53 Å². The molecule has 3 aromatic rings. The predicted molar refractivity (Wildman–Crippen MR) is 112 cm³/mol. The van der Waals surface area contributed by atoms with Gasteiger partial charge in [0.05, 0.1) is 18.3 Å². The summed E-state index contributed by atoms with van der Waals surface area (Å²) in [5, 5.41) is 4.35. The summed E-state index contributed by atoms with van der Waals surface area (Å²) in [6.07, 6.45) is 4.13. The van der Waals surface area contributed by atoms with Crippen LogP contribution in [0.1, 0.15) is 31.6 Å². The Morgan fingerprint density at radius 3 is 2.67 bits per heavy atom. The maximum atomic E-state index is 13.8. The molecule has 0 saturated carbocycles. The smallest absolute Gasteiger partial charge is 0.330 e. The number of aromatic nitrogens is 3. The maximum Gasteiger partial charge on any atom is 0.330 e. The number of hydrogen-bond acceptors (Lipinski definition) is 6. The average molecular weight is 453 g/mol. The van der Waals surface area contributed by atoms with Gasteiger partial charge in [0.25, 0.3) is 0 Å². The molecule has 0 aliphatic carbocycles.